The van der Waals surface area contributed by atoms with Crippen molar-refractivity contribution in [3.63, 3.8) is 0 Å². The van der Waals surface area contributed by atoms with Gasteiger partial charge in [-0.2, -0.15) is 5.10 Å². The van der Waals surface area contributed by atoms with E-state index in [1.165, 1.54) is 12.5 Å². The van der Waals surface area contributed by atoms with Gasteiger partial charge in [-0.15, -0.1) is 0 Å². The Morgan fingerprint density at radius 1 is 1.32 bits per heavy atom. The molecule has 3 rings (SSSR count). The summed E-state index contributed by atoms with van der Waals surface area (Å²) in [6.07, 6.45) is 6.45. The fourth-order valence-electron chi connectivity index (χ4n) is 2.94. The summed E-state index contributed by atoms with van der Waals surface area (Å²) in [4.78, 5) is 7.00. The number of rotatable bonds is 3. The van der Waals surface area contributed by atoms with Crippen LogP contribution in [-0.4, -0.2) is 42.9 Å². The summed E-state index contributed by atoms with van der Waals surface area (Å²) in [5.41, 5.74) is 1.85. The van der Waals surface area contributed by atoms with Crippen molar-refractivity contribution in [2.75, 3.05) is 24.2 Å². The molecule has 0 spiro atoms. The van der Waals surface area contributed by atoms with Crippen molar-refractivity contribution in [1.29, 1.82) is 0 Å². The molecule has 0 amide bonds. The molecule has 118 valence electrons. The van der Waals surface area contributed by atoms with Crippen molar-refractivity contribution < 1.29 is 8.42 Å². The molecule has 7 heteroatoms. The number of aromatic amines is 1. The molecule has 0 bridgehead atoms. The molecule has 3 heterocycles. The van der Waals surface area contributed by atoms with E-state index in [2.05, 4.69) is 20.1 Å². The van der Waals surface area contributed by atoms with Gasteiger partial charge in [0.15, 0.2) is 9.84 Å². The summed E-state index contributed by atoms with van der Waals surface area (Å²) < 4.78 is 23.7. The van der Waals surface area contributed by atoms with Crippen molar-refractivity contribution in [2.45, 2.75) is 30.6 Å². The molecule has 1 N–H and O–H groups in total. The zero-order valence-electron chi connectivity index (χ0n) is 12.8. The van der Waals surface area contributed by atoms with Crippen LogP contribution in [0.3, 0.4) is 0 Å². The number of aryl methyl sites for hydroxylation is 1. The van der Waals surface area contributed by atoms with Gasteiger partial charge in [0, 0.05) is 31.5 Å². The van der Waals surface area contributed by atoms with E-state index in [9.17, 15) is 8.42 Å². The average Bonchev–Trinajstić information content (AvgIpc) is 2.98. The molecular weight excluding hydrogens is 300 g/mol. The third kappa shape index (κ3) is 2.99. The van der Waals surface area contributed by atoms with Crippen LogP contribution in [0.1, 0.15) is 30.0 Å². The van der Waals surface area contributed by atoms with Crippen molar-refractivity contribution in [1.82, 2.24) is 15.2 Å². The molecule has 1 atom stereocenters. The highest BCUT2D eigenvalue weighted by Gasteiger charge is 2.28. The van der Waals surface area contributed by atoms with Gasteiger partial charge in [0.1, 0.15) is 10.7 Å². The lowest BCUT2D eigenvalue weighted by atomic mass is 9.95. The highest BCUT2D eigenvalue weighted by Crippen LogP contribution is 2.31. The normalized spacial score (nSPS) is 19.4. The van der Waals surface area contributed by atoms with E-state index in [-0.39, 0.29) is 5.92 Å². The quantitative estimate of drug-likeness (QED) is 0.934. The van der Waals surface area contributed by atoms with E-state index in [1.807, 2.05) is 25.3 Å². The van der Waals surface area contributed by atoms with Crippen LogP contribution in [0.25, 0.3) is 0 Å². The SMILES string of the molecule is Cc1ccc(N2CCC[C@H](c3[nH]ncc3S(C)(=O)=O)C2)nc1. The van der Waals surface area contributed by atoms with Crippen LogP contribution >= 0.6 is 0 Å². The van der Waals surface area contributed by atoms with Crippen molar-refractivity contribution in [2.24, 2.45) is 0 Å². The zero-order chi connectivity index (χ0) is 15.7. The van der Waals surface area contributed by atoms with E-state index >= 15 is 0 Å². The van der Waals surface area contributed by atoms with Crippen molar-refractivity contribution in [3.8, 4) is 0 Å². The van der Waals surface area contributed by atoms with E-state index < -0.39 is 9.84 Å². The van der Waals surface area contributed by atoms with Gasteiger partial charge in [0.05, 0.1) is 11.9 Å². The fraction of sp³-hybridized carbons (Fsp3) is 0.467. The van der Waals surface area contributed by atoms with Crippen molar-refractivity contribution >= 4 is 15.7 Å². The summed E-state index contributed by atoms with van der Waals surface area (Å²) in [5.74, 6) is 1.07. The topological polar surface area (TPSA) is 79.0 Å². The van der Waals surface area contributed by atoms with Crippen LogP contribution in [0.4, 0.5) is 5.82 Å². The monoisotopic (exact) mass is 320 g/mol. The lowest BCUT2D eigenvalue weighted by Crippen LogP contribution is -2.35. The van der Waals surface area contributed by atoms with Gasteiger partial charge in [0.25, 0.3) is 0 Å². The minimum atomic E-state index is -3.26. The van der Waals surface area contributed by atoms with E-state index in [0.717, 1.165) is 43.0 Å². The Bertz CT molecular complexity index is 752. The number of nitrogens with zero attached hydrogens (tertiary/aromatic N) is 3. The molecule has 0 saturated carbocycles. The number of hydrogen-bond acceptors (Lipinski definition) is 5. The van der Waals surface area contributed by atoms with Gasteiger partial charge < -0.3 is 4.90 Å². The van der Waals surface area contributed by atoms with Gasteiger partial charge in [-0.1, -0.05) is 6.07 Å². The maximum Gasteiger partial charge on any atom is 0.178 e. The van der Waals surface area contributed by atoms with Crippen LogP contribution in [0, 0.1) is 6.92 Å². The summed E-state index contributed by atoms with van der Waals surface area (Å²) in [6, 6.07) is 4.06. The van der Waals surface area contributed by atoms with Crippen LogP contribution in [0.15, 0.2) is 29.4 Å². The fourth-order valence-corrected chi connectivity index (χ4v) is 3.80. The smallest absolute Gasteiger partial charge is 0.178 e. The second-order valence-corrected chi connectivity index (χ2v) is 7.88. The Kier molecular flexibility index (Phi) is 3.90. The van der Waals surface area contributed by atoms with E-state index in [1.54, 1.807) is 0 Å². The first-order chi connectivity index (χ1) is 10.4. The average molecular weight is 320 g/mol. The van der Waals surface area contributed by atoms with Gasteiger partial charge in [0.2, 0.25) is 0 Å². The first-order valence-corrected chi connectivity index (χ1v) is 9.25. The molecule has 0 radical (unpaired) electrons. The van der Waals surface area contributed by atoms with Crippen LogP contribution in [-0.2, 0) is 9.84 Å². The first-order valence-electron chi connectivity index (χ1n) is 7.36. The highest BCUT2D eigenvalue weighted by atomic mass is 32.2. The minimum absolute atomic E-state index is 0.129. The number of pyridine rings is 1. The summed E-state index contributed by atoms with van der Waals surface area (Å²) in [6.45, 7) is 3.70. The largest absolute Gasteiger partial charge is 0.356 e. The Labute approximate surface area is 130 Å². The Hall–Kier alpha value is -1.89. The molecule has 1 aliphatic heterocycles. The second kappa shape index (κ2) is 5.72. The molecule has 1 saturated heterocycles. The third-order valence-corrected chi connectivity index (χ3v) is 5.21. The van der Waals surface area contributed by atoms with Crippen LogP contribution in [0.5, 0.6) is 0 Å². The third-order valence-electron chi connectivity index (χ3n) is 4.08. The second-order valence-electron chi connectivity index (χ2n) is 5.90. The molecule has 2 aromatic rings. The maximum atomic E-state index is 11.9. The standard InChI is InChI=1S/C15H20N4O2S/c1-11-5-6-14(16-8-11)19-7-3-4-12(10-19)15-13(9-17-18-15)22(2,20)21/h5-6,8-9,12H,3-4,7,10H2,1-2H3,(H,17,18)/t12-/m0/s1. The van der Waals surface area contributed by atoms with Crippen LogP contribution in [0.2, 0.25) is 0 Å². The van der Waals surface area contributed by atoms with Crippen LogP contribution < -0.4 is 4.90 Å². The number of sulfone groups is 1. The highest BCUT2D eigenvalue weighted by molar-refractivity contribution is 7.90. The van der Waals surface area contributed by atoms with Crippen molar-refractivity contribution in [3.05, 3.63) is 35.8 Å². The summed E-state index contributed by atoms with van der Waals surface area (Å²) >= 11 is 0. The van der Waals surface area contributed by atoms with Gasteiger partial charge in [-0.25, -0.2) is 13.4 Å². The van der Waals surface area contributed by atoms with E-state index in [4.69, 9.17) is 0 Å². The Morgan fingerprint density at radius 2 is 2.14 bits per heavy atom. The Balaban J connectivity index is 1.85. The molecule has 0 aromatic carbocycles. The lowest BCUT2D eigenvalue weighted by Gasteiger charge is -2.33. The predicted molar refractivity (Wildman–Crippen MR) is 84.9 cm³/mol. The number of H-pyrrole nitrogens is 1. The summed E-state index contributed by atoms with van der Waals surface area (Å²) in [5, 5.41) is 6.82. The molecule has 1 fully saturated rings. The lowest BCUT2D eigenvalue weighted by molar-refractivity contribution is 0.491. The predicted octanol–water partition coefficient (Wildman–Crippen LogP) is 1.90. The van der Waals surface area contributed by atoms with E-state index in [0.29, 0.717) is 4.90 Å². The molecule has 6 nitrogen and oxygen atoms in total. The molecular formula is C15H20N4O2S. The number of nitrogens with one attached hydrogen (secondary N) is 1. The number of hydrogen-bond donors (Lipinski definition) is 1. The number of anilines is 1. The molecule has 1 aliphatic rings. The first kappa shape index (κ1) is 15.0. The summed E-state index contributed by atoms with van der Waals surface area (Å²) in [7, 11) is -3.26. The van der Waals surface area contributed by atoms with Gasteiger partial charge in [-0.05, 0) is 31.4 Å². The molecule has 22 heavy (non-hydrogen) atoms. The Morgan fingerprint density at radius 3 is 2.82 bits per heavy atom. The number of piperidine rings is 1. The molecule has 0 aliphatic carbocycles. The molecule has 0 unspecified atom stereocenters. The molecule has 2 aromatic heterocycles. The van der Waals surface area contributed by atoms with Gasteiger partial charge in [-0.3, -0.25) is 5.10 Å². The number of aromatic nitrogens is 3. The zero-order valence-corrected chi connectivity index (χ0v) is 13.6. The minimum Gasteiger partial charge on any atom is -0.356 e. The maximum absolute atomic E-state index is 11.9. The van der Waals surface area contributed by atoms with Gasteiger partial charge >= 0.3 is 0 Å².